The smallest absolute Gasteiger partial charge is 0.0866 e. The zero-order valence-electron chi connectivity index (χ0n) is 8.15. The van der Waals surface area contributed by atoms with Crippen LogP contribution in [0.25, 0.3) is 0 Å². The van der Waals surface area contributed by atoms with E-state index >= 15 is 0 Å². The lowest BCUT2D eigenvalue weighted by Crippen LogP contribution is -2.30. The molecule has 0 aromatic carbocycles. The number of halogens is 1. The first-order valence-corrected chi connectivity index (χ1v) is 4.50. The van der Waals surface area contributed by atoms with Crippen LogP contribution in [0.5, 0.6) is 0 Å². The summed E-state index contributed by atoms with van der Waals surface area (Å²) in [7, 11) is 0. The fourth-order valence-electron chi connectivity index (χ4n) is 1.07. The van der Waals surface area contributed by atoms with Gasteiger partial charge in [-0.3, -0.25) is 4.29 Å². The number of rotatable bonds is 4. The van der Waals surface area contributed by atoms with Gasteiger partial charge in [0.2, 0.25) is 0 Å². The van der Waals surface area contributed by atoms with Crippen LogP contribution >= 0.6 is 11.9 Å². The van der Waals surface area contributed by atoms with Crippen molar-refractivity contribution < 1.29 is 4.29 Å². The normalized spacial score (nSPS) is 15.5. The molecule has 2 heteroatoms. The lowest BCUT2D eigenvalue weighted by molar-refractivity contribution is 0.0525. The van der Waals surface area contributed by atoms with Crippen molar-refractivity contribution in [1.82, 2.24) is 0 Å². The summed E-state index contributed by atoms with van der Waals surface area (Å²) < 4.78 is 4.87. The van der Waals surface area contributed by atoms with Crippen LogP contribution in [0.2, 0.25) is 0 Å². The Hall–Kier alpha value is 0.250. The predicted octanol–water partition coefficient (Wildman–Crippen LogP) is 3.62. The molecular weight excluding hydrogens is 160 g/mol. The van der Waals surface area contributed by atoms with E-state index in [0.29, 0.717) is 11.8 Å². The van der Waals surface area contributed by atoms with Crippen LogP contribution in [-0.4, -0.2) is 5.60 Å². The van der Waals surface area contributed by atoms with E-state index in [1.807, 2.05) is 13.8 Å². The molecule has 0 saturated heterocycles. The maximum absolute atomic E-state index is 5.37. The molecule has 0 rings (SSSR count). The molecular formula is C9H19ClO. The van der Waals surface area contributed by atoms with Gasteiger partial charge in [0.15, 0.2) is 0 Å². The van der Waals surface area contributed by atoms with Crippen molar-refractivity contribution in [3.8, 4) is 0 Å². The van der Waals surface area contributed by atoms with E-state index in [-0.39, 0.29) is 5.60 Å². The fraction of sp³-hybridized carbons (Fsp3) is 1.00. The van der Waals surface area contributed by atoms with Crippen LogP contribution < -0.4 is 0 Å². The van der Waals surface area contributed by atoms with Gasteiger partial charge in [0.05, 0.1) is 17.5 Å². The highest BCUT2D eigenvalue weighted by molar-refractivity contribution is 6.07. The summed E-state index contributed by atoms with van der Waals surface area (Å²) in [4.78, 5) is 0. The van der Waals surface area contributed by atoms with Crippen molar-refractivity contribution in [2.45, 2.75) is 46.6 Å². The van der Waals surface area contributed by atoms with Crippen LogP contribution in [0.15, 0.2) is 0 Å². The van der Waals surface area contributed by atoms with E-state index in [4.69, 9.17) is 16.2 Å². The second-order valence-electron chi connectivity index (χ2n) is 4.21. The van der Waals surface area contributed by atoms with Crippen molar-refractivity contribution in [3.05, 3.63) is 0 Å². The summed E-state index contributed by atoms with van der Waals surface area (Å²) in [6.45, 7) is 10.6. The van der Waals surface area contributed by atoms with Crippen molar-refractivity contribution in [1.29, 1.82) is 0 Å². The minimum Gasteiger partial charge on any atom is -0.273 e. The summed E-state index contributed by atoms with van der Waals surface area (Å²) in [5.74, 6) is 1.20. The molecule has 0 radical (unpaired) electrons. The van der Waals surface area contributed by atoms with Gasteiger partial charge in [-0.1, -0.05) is 20.8 Å². The molecule has 1 atom stereocenters. The topological polar surface area (TPSA) is 9.23 Å². The Morgan fingerprint density at radius 3 is 2.00 bits per heavy atom. The van der Waals surface area contributed by atoms with E-state index in [9.17, 15) is 0 Å². The minimum absolute atomic E-state index is 0.203. The molecule has 1 nitrogen and oxygen atoms in total. The standard InChI is InChI=1S/C9H19ClO/c1-7(2)6-8(3)9(4,5)11-10/h7-8H,6H2,1-5H3. The Morgan fingerprint density at radius 1 is 1.27 bits per heavy atom. The number of hydrogen-bond acceptors (Lipinski definition) is 1. The summed E-state index contributed by atoms with van der Waals surface area (Å²) in [5, 5.41) is 0. The Kier molecular flexibility index (Phi) is 4.42. The Morgan fingerprint density at radius 2 is 1.73 bits per heavy atom. The SMILES string of the molecule is CC(C)CC(C)C(C)(C)OCl. The van der Waals surface area contributed by atoms with Gasteiger partial charge in [-0.15, -0.1) is 0 Å². The third-order valence-electron chi connectivity index (χ3n) is 2.21. The second kappa shape index (κ2) is 4.32. The molecule has 1 unspecified atom stereocenters. The van der Waals surface area contributed by atoms with Gasteiger partial charge in [-0.25, -0.2) is 0 Å². The molecule has 0 fully saturated rings. The van der Waals surface area contributed by atoms with E-state index in [0.717, 1.165) is 6.42 Å². The lowest BCUT2D eigenvalue weighted by atomic mass is 9.86. The maximum atomic E-state index is 5.37. The molecule has 68 valence electrons. The van der Waals surface area contributed by atoms with E-state index < -0.39 is 0 Å². The van der Waals surface area contributed by atoms with Crippen LogP contribution in [0.1, 0.15) is 41.0 Å². The minimum atomic E-state index is -0.203. The molecule has 0 saturated carbocycles. The summed E-state index contributed by atoms with van der Waals surface area (Å²) in [5.41, 5.74) is -0.203. The largest absolute Gasteiger partial charge is 0.273 e. The van der Waals surface area contributed by atoms with Gasteiger partial charge in [0.25, 0.3) is 0 Å². The molecule has 0 aromatic rings. The highest BCUT2D eigenvalue weighted by Crippen LogP contribution is 2.27. The van der Waals surface area contributed by atoms with Gasteiger partial charge in [0, 0.05) is 0 Å². The molecule has 0 aliphatic rings. The predicted molar refractivity (Wildman–Crippen MR) is 49.6 cm³/mol. The first kappa shape index (κ1) is 11.2. The summed E-state index contributed by atoms with van der Waals surface area (Å²) in [6, 6.07) is 0. The molecule has 0 heterocycles. The fourth-order valence-corrected chi connectivity index (χ4v) is 1.22. The molecule has 0 bridgehead atoms. The summed E-state index contributed by atoms with van der Waals surface area (Å²) in [6.07, 6.45) is 1.15. The molecule has 0 aromatic heterocycles. The van der Waals surface area contributed by atoms with Crippen molar-refractivity contribution in [2.24, 2.45) is 11.8 Å². The zero-order chi connectivity index (χ0) is 9.07. The summed E-state index contributed by atoms with van der Waals surface area (Å²) >= 11 is 5.37. The van der Waals surface area contributed by atoms with E-state index in [1.54, 1.807) is 0 Å². The van der Waals surface area contributed by atoms with Gasteiger partial charge in [0.1, 0.15) is 0 Å². The average Bonchev–Trinajstić information content (AvgIpc) is 1.86. The van der Waals surface area contributed by atoms with Gasteiger partial charge >= 0.3 is 0 Å². The van der Waals surface area contributed by atoms with Crippen molar-refractivity contribution in [2.75, 3.05) is 0 Å². The molecule has 0 aliphatic heterocycles. The van der Waals surface area contributed by atoms with Crippen molar-refractivity contribution >= 4 is 11.9 Å². The van der Waals surface area contributed by atoms with Crippen LogP contribution in [0, 0.1) is 11.8 Å². The molecule has 11 heavy (non-hydrogen) atoms. The first-order valence-electron chi connectivity index (χ1n) is 4.20. The Bertz CT molecular complexity index is 110. The molecule has 0 spiro atoms. The quantitative estimate of drug-likeness (QED) is 0.639. The maximum Gasteiger partial charge on any atom is 0.0866 e. The van der Waals surface area contributed by atoms with Gasteiger partial charge in [-0.05, 0) is 32.1 Å². The van der Waals surface area contributed by atoms with E-state index in [2.05, 4.69) is 20.8 Å². The van der Waals surface area contributed by atoms with Crippen LogP contribution in [0.3, 0.4) is 0 Å². The van der Waals surface area contributed by atoms with Crippen LogP contribution in [-0.2, 0) is 4.29 Å². The Balaban J connectivity index is 3.90. The van der Waals surface area contributed by atoms with Gasteiger partial charge < -0.3 is 0 Å². The third-order valence-corrected chi connectivity index (χ3v) is 2.61. The second-order valence-corrected chi connectivity index (χ2v) is 4.37. The highest BCUT2D eigenvalue weighted by Gasteiger charge is 2.26. The molecule has 0 amide bonds. The zero-order valence-corrected chi connectivity index (χ0v) is 8.90. The molecule has 0 aliphatic carbocycles. The average molecular weight is 179 g/mol. The number of hydrogen-bond donors (Lipinski definition) is 0. The van der Waals surface area contributed by atoms with E-state index in [1.165, 1.54) is 0 Å². The monoisotopic (exact) mass is 178 g/mol. The lowest BCUT2D eigenvalue weighted by Gasteiger charge is -2.29. The Labute approximate surface area is 75.2 Å². The highest BCUT2D eigenvalue weighted by atomic mass is 35.5. The van der Waals surface area contributed by atoms with Crippen LogP contribution in [0.4, 0.5) is 0 Å². The van der Waals surface area contributed by atoms with Gasteiger partial charge in [-0.2, -0.15) is 0 Å². The molecule has 0 N–H and O–H groups in total. The first-order chi connectivity index (χ1) is 4.90. The van der Waals surface area contributed by atoms with Crippen molar-refractivity contribution in [3.63, 3.8) is 0 Å². The third kappa shape index (κ3) is 3.97.